The van der Waals surface area contributed by atoms with Crippen LogP contribution in [-0.2, 0) is 9.53 Å². The van der Waals surface area contributed by atoms with Crippen LogP contribution in [-0.4, -0.2) is 24.8 Å². The van der Waals surface area contributed by atoms with Crippen LogP contribution in [0.1, 0.15) is 12.5 Å². The van der Waals surface area contributed by atoms with Gasteiger partial charge in [0.2, 0.25) is 5.76 Å². The second kappa shape index (κ2) is 5.80. The Kier molecular flexibility index (Phi) is 4.39. The molecule has 4 nitrogen and oxygen atoms in total. The summed E-state index contributed by atoms with van der Waals surface area (Å²) in [7, 11) is 1.58. The number of methoxy groups -OCH3 is 1. The first kappa shape index (κ1) is 12.1. The van der Waals surface area contributed by atoms with Crippen molar-refractivity contribution >= 4 is 12.0 Å². The number of benzene rings is 1. The van der Waals surface area contributed by atoms with Gasteiger partial charge in [-0.3, -0.25) is 0 Å². The van der Waals surface area contributed by atoms with Crippen LogP contribution >= 0.6 is 0 Å². The summed E-state index contributed by atoms with van der Waals surface area (Å²) >= 11 is 0. The fourth-order valence-electron chi connectivity index (χ4n) is 1.17. The lowest BCUT2D eigenvalue weighted by Crippen LogP contribution is -2.04. The van der Waals surface area contributed by atoms with Gasteiger partial charge in [0.25, 0.3) is 0 Å². The van der Waals surface area contributed by atoms with Gasteiger partial charge < -0.3 is 14.6 Å². The van der Waals surface area contributed by atoms with Crippen LogP contribution in [0.3, 0.4) is 0 Å². The molecule has 1 rings (SSSR count). The maximum atomic E-state index is 10.8. The highest BCUT2D eigenvalue weighted by molar-refractivity contribution is 5.89. The lowest BCUT2D eigenvalue weighted by Gasteiger charge is -2.04. The summed E-state index contributed by atoms with van der Waals surface area (Å²) in [5, 5.41) is 8.85. The Balaban J connectivity index is 2.89. The molecule has 0 saturated carbocycles. The summed E-state index contributed by atoms with van der Waals surface area (Å²) in [6, 6.07) is 7.05. The molecule has 0 atom stereocenters. The average Bonchev–Trinajstić information content (AvgIpc) is 2.29. The van der Waals surface area contributed by atoms with Gasteiger partial charge in [0.15, 0.2) is 0 Å². The first-order valence-corrected chi connectivity index (χ1v) is 4.89. The number of carboxylic acids is 1. The van der Waals surface area contributed by atoms with E-state index in [0.717, 1.165) is 11.3 Å². The zero-order valence-electron chi connectivity index (χ0n) is 9.27. The van der Waals surface area contributed by atoms with E-state index in [0.29, 0.717) is 6.61 Å². The van der Waals surface area contributed by atoms with Crippen LogP contribution in [0.4, 0.5) is 0 Å². The number of hydrogen-bond donors (Lipinski definition) is 1. The molecule has 0 saturated heterocycles. The molecule has 0 aromatic heterocycles. The van der Waals surface area contributed by atoms with Gasteiger partial charge in [-0.1, -0.05) is 12.1 Å². The first-order valence-electron chi connectivity index (χ1n) is 4.89. The molecule has 86 valence electrons. The molecule has 1 aromatic carbocycles. The fourth-order valence-corrected chi connectivity index (χ4v) is 1.17. The molecule has 16 heavy (non-hydrogen) atoms. The molecule has 0 aliphatic carbocycles. The largest absolute Gasteiger partial charge is 0.497 e. The van der Waals surface area contributed by atoms with Gasteiger partial charge in [-0.25, -0.2) is 4.79 Å². The molecular weight excluding hydrogens is 208 g/mol. The Labute approximate surface area is 94.1 Å². The minimum atomic E-state index is -1.07. The Morgan fingerprint density at radius 2 is 2.00 bits per heavy atom. The van der Waals surface area contributed by atoms with Gasteiger partial charge in [0, 0.05) is 0 Å². The van der Waals surface area contributed by atoms with Crippen molar-refractivity contribution in [2.45, 2.75) is 6.92 Å². The minimum Gasteiger partial charge on any atom is -0.497 e. The second-order valence-electron chi connectivity index (χ2n) is 3.02. The lowest BCUT2D eigenvalue weighted by atomic mass is 10.2. The molecular formula is C12H14O4. The van der Waals surface area contributed by atoms with Crippen LogP contribution in [0.5, 0.6) is 5.75 Å². The standard InChI is InChI=1S/C12H14O4/c1-3-16-11(12(13)14)8-9-4-6-10(15-2)7-5-9/h4-8H,3H2,1-2H3,(H,13,14)/b11-8-. The maximum Gasteiger partial charge on any atom is 0.371 e. The van der Waals surface area contributed by atoms with Crippen molar-refractivity contribution in [2.24, 2.45) is 0 Å². The Bertz CT molecular complexity index is 379. The third kappa shape index (κ3) is 3.31. The number of ether oxygens (including phenoxy) is 2. The normalized spacial score (nSPS) is 11.0. The van der Waals surface area contributed by atoms with Gasteiger partial charge in [-0.05, 0) is 30.7 Å². The van der Waals surface area contributed by atoms with E-state index in [2.05, 4.69) is 0 Å². The van der Waals surface area contributed by atoms with Gasteiger partial charge in [0.1, 0.15) is 5.75 Å². The minimum absolute atomic E-state index is 0.0623. The molecule has 0 aliphatic rings. The van der Waals surface area contributed by atoms with E-state index in [1.807, 2.05) is 0 Å². The SMILES string of the molecule is CCO/C(=C\c1ccc(OC)cc1)C(=O)O. The van der Waals surface area contributed by atoms with Crippen LogP contribution in [0.25, 0.3) is 6.08 Å². The van der Waals surface area contributed by atoms with E-state index in [1.165, 1.54) is 6.08 Å². The van der Waals surface area contributed by atoms with Gasteiger partial charge in [-0.15, -0.1) is 0 Å². The highest BCUT2D eigenvalue weighted by atomic mass is 16.5. The number of carboxylic acid groups (broad SMARTS) is 1. The van der Waals surface area contributed by atoms with Gasteiger partial charge in [-0.2, -0.15) is 0 Å². The number of rotatable bonds is 5. The summed E-state index contributed by atoms with van der Waals surface area (Å²) in [5.74, 6) is -0.407. The van der Waals surface area contributed by atoms with E-state index in [1.54, 1.807) is 38.3 Å². The van der Waals surface area contributed by atoms with E-state index < -0.39 is 5.97 Å². The number of aliphatic carboxylic acids is 1. The topological polar surface area (TPSA) is 55.8 Å². The van der Waals surface area contributed by atoms with Crippen molar-refractivity contribution in [3.63, 3.8) is 0 Å². The molecule has 0 spiro atoms. The molecule has 1 N–H and O–H groups in total. The summed E-state index contributed by atoms with van der Waals surface area (Å²) in [6.07, 6.45) is 1.48. The Morgan fingerprint density at radius 1 is 1.38 bits per heavy atom. The molecule has 0 aliphatic heterocycles. The quantitative estimate of drug-likeness (QED) is 0.612. The first-order chi connectivity index (χ1) is 7.67. The zero-order valence-corrected chi connectivity index (χ0v) is 9.27. The maximum absolute atomic E-state index is 10.8. The monoisotopic (exact) mass is 222 g/mol. The predicted octanol–water partition coefficient (Wildman–Crippen LogP) is 2.16. The molecule has 0 heterocycles. The fraction of sp³-hybridized carbons (Fsp3) is 0.250. The number of carbonyl (C=O) groups is 1. The van der Waals surface area contributed by atoms with E-state index in [4.69, 9.17) is 14.6 Å². The van der Waals surface area contributed by atoms with Crippen molar-refractivity contribution in [3.05, 3.63) is 35.6 Å². The van der Waals surface area contributed by atoms with Gasteiger partial charge in [0.05, 0.1) is 13.7 Å². The van der Waals surface area contributed by atoms with E-state index in [-0.39, 0.29) is 5.76 Å². The smallest absolute Gasteiger partial charge is 0.371 e. The van der Waals surface area contributed by atoms with Crippen LogP contribution in [0.2, 0.25) is 0 Å². The van der Waals surface area contributed by atoms with Crippen molar-refractivity contribution < 1.29 is 19.4 Å². The molecule has 1 aromatic rings. The Morgan fingerprint density at radius 3 is 2.44 bits per heavy atom. The second-order valence-corrected chi connectivity index (χ2v) is 3.02. The number of hydrogen-bond acceptors (Lipinski definition) is 3. The van der Waals surface area contributed by atoms with Crippen LogP contribution in [0, 0.1) is 0 Å². The molecule has 0 amide bonds. The third-order valence-electron chi connectivity index (χ3n) is 1.92. The molecule has 0 bridgehead atoms. The Hall–Kier alpha value is -1.97. The van der Waals surface area contributed by atoms with E-state index in [9.17, 15) is 4.79 Å². The summed E-state index contributed by atoms with van der Waals surface area (Å²) < 4.78 is 10.00. The summed E-state index contributed by atoms with van der Waals surface area (Å²) in [4.78, 5) is 10.8. The van der Waals surface area contributed by atoms with Crippen molar-refractivity contribution in [2.75, 3.05) is 13.7 Å². The summed E-state index contributed by atoms with van der Waals surface area (Å²) in [5.41, 5.74) is 0.756. The zero-order chi connectivity index (χ0) is 12.0. The van der Waals surface area contributed by atoms with Crippen LogP contribution < -0.4 is 4.74 Å². The van der Waals surface area contributed by atoms with Crippen molar-refractivity contribution in [1.29, 1.82) is 0 Å². The lowest BCUT2D eigenvalue weighted by molar-refractivity contribution is -0.136. The highest BCUT2D eigenvalue weighted by Crippen LogP contribution is 2.14. The molecule has 4 heteroatoms. The highest BCUT2D eigenvalue weighted by Gasteiger charge is 2.07. The third-order valence-corrected chi connectivity index (χ3v) is 1.92. The predicted molar refractivity (Wildman–Crippen MR) is 60.2 cm³/mol. The van der Waals surface area contributed by atoms with E-state index >= 15 is 0 Å². The molecule has 0 radical (unpaired) electrons. The molecule has 0 fully saturated rings. The van der Waals surface area contributed by atoms with Gasteiger partial charge >= 0.3 is 5.97 Å². The molecule has 0 unspecified atom stereocenters. The van der Waals surface area contributed by atoms with Crippen LogP contribution in [0.15, 0.2) is 30.0 Å². The average molecular weight is 222 g/mol. The summed E-state index contributed by atoms with van der Waals surface area (Å²) in [6.45, 7) is 2.07. The van der Waals surface area contributed by atoms with Crippen molar-refractivity contribution in [3.8, 4) is 5.75 Å². The van der Waals surface area contributed by atoms with Crippen molar-refractivity contribution in [1.82, 2.24) is 0 Å².